The summed E-state index contributed by atoms with van der Waals surface area (Å²) in [6.07, 6.45) is 0.875. The molecule has 0 aliphatic rings. The SMILES string of the molecule is CCCNC(=O)COc1c(C)cccc1C(=O)NCC. The van der Waals surface area contributed by atoms with Crippen molar-refractivity contribution in [1.82, 2.24) is 10.6 Å². The van der Waals surface area contributed by atoms with Gasteiger partial charge in [0.1, 0.15) is 5.75 Å². The van der Waals surface area contributed by atoms with Gasteiger partial charge in [-0.25, -0.2) is 0 Å². The predicted molar refractivity (Wildman–Crippen MR) is 78.0 cm³/mol. The molecule has 0 fully saturated rings. The zero-order valence-corrected chi connectivity index (χ0v) is 12.3. The number of benzene rings is 1. The minimum atomic E-state index is -0.194. The number of carbonyl (C=O) groups excluding carboxylic acids is 2. The fourth-order valence-corrected chi connectivity index (χ4v) is 1.73. The maximum Gasteiger partial charge on any atom is 0.257 e. The first kappa shape index (κ1) is 16.0. The third-order valence-corrected chi connectivity index (χ3v) is 2.71. The van der Waals surface area contributed by atoms with Gasteiger partial charge in [-0.15, -0.1) is 0 Å². The van der Waals surface area contributed by atoms with Crippen LogP contribution in [0.1, 0.15) is 36.2 Å². The van der Waals surface area contributed by atoms with E-state index >= 15 is 0 Å². The Morgan fingerprint density at radius 3 is 2.60 bits per heavy atom. The van der Waals surface area contributed by atoms with Crippen LogP contribution in [0.25, 0.3) is 0 Å². The fraction of sp³-hybridized carbons (Fsp3) is 0.467. The van der Waals surface area contributed by atoms with Crippen molar-refractivity contribution in [2.45, 2.75) is 27.2 Å². The van der Waals surface area contributed by atoms with E-state index in [0.29, 0.717) is 24.4 Å². The molecule has 1 aromatic rings. The highest BCUT2D eigenvalue weighted by Crippen LogP contribution is 2.23. The summed E-state index contributed by atoms with van der Waals surface area (Å²) in [6, 6.07) is 5.34. The molecular weight excluding hydrogens is 256 g/mol. The van der Waals surface area contributed by atoms with Crippen molar-refractivity contribution in [3.05, 3.63) is 29.3 Å². The molecule has 2 amide bonds. The minimum absolute atomic E-state index is 0.0861. The molecule has 0 radical (unpaired) electrons. The van der Waals surface area contributed by atoms with Crippen molar-refractivity contribution in [1.29, 1.82) is 0 Å². The molecule has 0 aromatic heterocycles. The van der Waals surface area contributed by atoms with Gasteiger partial charge in [0.15, 0.2) is 6.61 Å². The van der Waals surface area contributed by atoms with Crippen LogP contribution in [0.2, 0.25) is 0 Å². The Balaban J connectivity index is 2.77. The molecule has 0 spiro atoms. The van der Waals surface area contributed by atoms with Gasteiger partial charge in [-0.3, -0.25) is 9.59 Å². The second kappa shape index (κ2) is 8.19. The third-order valence-electron chi connectivity index (χ3n) is 2.71. The number of aryl methyl sites for hydroxylation is 1. The number of hydrogen-bond donors (Lipinski definition) is 2. The van der Waals surface area contributed by atoms with Crippen LogP contribution < -0.4 is 15.4 Å². The first-order valence-corrected chi connectivity index (χ1v) is 6.87. The van der Waals surface area contributed by atoms with E-state index in [1.54, 1.807) is 12.1 Å². The summed E-state index contributed by atoms with van der Waals surface area (Å²) >= 11 is 0. The zero-order valence-electron chi connectivity index (χ0n) is 12.3. The van der Waals surface area contributed by atoms with E-state index in [2.05, 4.69) is 10.6 Å². The summed E-state index contributed by atoms with van der Waals surface area (Å²) in [5.74, 6) is 0.0854. The van der Waals surface area contributed by atoms with E-state index in [1.165, 1.54) is 0 Å². The van der Waals surface area contributed by atoms with Gasteiger partial charge in [-0.05, 0) is 31.9 Å². The van der Waals surface area contributed by atoms with Crippen LogP contribution in [0, 0.1) is 6.92 Å². The molecule has 0 aliphatic heterocycles. The molecule has 20 heavy (non-hydrogen) atoms. The topological polar surface area (TPSA) is 67.4 Å². The summed E-state index contributed by atoms with van der Waals surface area (Å²) in [5, 5.41) is 5.46. The number of nitrogens with one attached hydrogen (secondary N) is 2. The highest BCUT2D eigenvalue weighted by molar-refractivity contribution is 5.97. The molecule has 0 atom stereocenters. The quantitative estimate of drug-likeness (QED) is 0.797. The smallest absolute Gasteiger partial charge is 0.257 e. The van der Waals surface area contributed by atoms with Gasteiger partial charge in [0, 0.05) is 13.1 Å². The lowest BCUT2D eigenvalue weighted by molar-refractivity contribution is -0.123. The molecule has 5 nitrogen and oxygen atoms in total. The fourth-order valence-electron chi connectivity index (χ4n) is 1.73. The normalized spacial score (nSPS) is 9.95. The highest BCUT2D eigenvalue weighted by Gasteiger charge is 2.14. The van der Waals surface area contributed by atoms with Crippen LogP contribution in [-0.4, -0.2) is 31.5 Å². The van der Waals surface area contributed by atoms with E-state index in [-0.39, 0.29) is 18.4 Å². The molecule has 0 saturated carbocycles. The molecule has 0 heterocycles. The lowest BCUT2D eigenvalue weighted by Crippen LogP contribution is -2.30. The van der Waals surface area contributed by atoms with Crippen molar-refractivity contribution >= 4 is 11.8 Å². The Morgan fingerprint density at radius 1 is 1.20 bits per heavy atom. The summed E-state index contributed by atoms with van der Waals surface area (Å²) in [4.78, 5) is 23.5. The monoisotopic (exact) mass is 278 g/mol. The predicted octanol–water partition coefficient (Wildman–Crippen LogP) is 1.65. The molecule has 1 rings (SSSR count). The van der Waals surface area contributed by atoms with E-state index in [9.17, 15) is 9.59 Å². The average Bonchev–Trinajstić information content (AvgIpc) is 2.43. The molecule has 0 unspecified atom stereocenters. The van der Waals surface area contributed by atoms with Gasteiger partial charge in [-0.1, -0.05) is 19.1 Å². The molecule has 1 aromatic carbocycles. The molecular formula is C15H22N2O3. The second-order valence-electron chi connectivity index (χ2n) is 4.45. The van der Waals surface area contributed by atoms with Crippen molar-refractivity contribution in [2.75, 3.05) is 19.7 Å². The number of amides is 2. The van der Waals surface area contributed by atoms with Crippen LogP contribution >= 0.6 is 0 Å². The van der Waals surface area contributed by atoms with Crippen LogP contribution in [0.15, 0.2) is 18.2 Å². The summed E-state index contributed by atoms with van der Waals surface area (Å²) < 4.78 is 5.52. The van der Waals surface area contributed by atoms with Gasteiger partial charge >= 0.3 is 0 Å². The maximum absolute atomic E-state index is 11.9. The Labute approximate surface area is 119 Å². The first-order valence-electron chi connectivity index (χ1n) is 6.87. The Morgan fingerprint density at radius 2 is 1.95 bits per heavy atom. The number of hydrogen-bond acceptors (Lipinski definition) is 3. The number of rotatable bonds is 7. The van der Waals surface area contributed by atoms with Gasteiger partial charge in [0.05, 0.1) is 5.56 Å². The molecule has 2 N–H and O–H groups in total. The lowest BCUT2D eigenvalue weighted by Gasteiger charge is -2.13. The van der Waals surface area contributed by atoms with Crippen LogP contribution in [-0.2, 0) is 4.79 Å². The molecule has 110 valence electrons. The number of ether oxygens (including phenoxy) is 1. The Hall–Kier alpha value is -2.04. The highest BCUT2D eigenvalue weighted by atomic mass is 16.5. The maximum atomic E-state index is 11.9. The van der Waals surface area contributed by atoms with Gasteiger partial charge in [0.25, 0.3) is 11.8 Å². The first-order chi connectivity index (χ1) is 9.60. The average molecular weight is 278 g/mol. The van der Waals surface area contributed by atoms with Crippen LogP contribution in [0.5, 0.6) is 5.75 Å². The van der Waals surface area contributed by atoms with Crippen molar-refractivity contribution in [2.24, 2.45) is 0 Å². The van der Waals surface area contributed by atoms with E-state index in [1.807, 2.05) is 26.8 Å². The van der Waals surface area contributed by atoms with E-state index in [4.69, 9.17) is 4.74 Å². The summed E-state index contributed by atoms with van der Waals surface area (Å²) in [7, 11) is 0. The third kappa shape index (κ3) is 4.57. The zero-order chi connectivity index (χ0) is 15.0. The van der Waals surface area contributed by atoms with Gasteiger partial charge in [-0.2, -0.15) is 0 Å². The Kier molecular flexibility index (Phi) is 6.56. The van der Waals surface area contributed by atoms with Gasteiger partial charge < -0.3 is 15.4 Å². The second-order valence-corrected chi connectivity index (χ2v) is 4.45. The van der Waals surface area contributed by atoms with Crippen molar-refractivity contribution in [3.8, 4) is 5.75 Å². The van der Waals surface area contributed by atoms with Gasteiger partial charge in [0.2, 0.25) is 0 Å². The van der Waals surface area contributed by atoms with Crippen LogP contribution in [0.3, 0.4) is 0 Å². The lowest BCUT2D eigenvalue weighted by atomic mass is 10.1. The number of carbonyl (C=O) groups is 2. The molecule has 5 heteroatoms. The summed E-state index contributed by atoms with van der Waals surface area (Å²) in [5.41, 5.74) is 1.28. The van der Waals surface area contributed by atoms with Crippen LogP contribution in [0.4, 0.5) is 0 Å². The number of para-hydroxylation sites is 1. The van der Waals surface area contributed by atoms with E-state index in [0.717, 1.165) is 12.0 Å². The standard InChI is InChI=1S/C15H22N2O3/c1-4-9-17-13(18)10-20-14-11(3)7-6-8-12(14)15(19)16-5-2/h6-8H,4-5,9-10H2,1-3H3,(H,16,19)(H,17,18). The van der Waals surface area contributed by atoms with Crippen molar-refractivity contribution < 1.29 is 14.3 Å². The molecule has 0 bridgehead atoms. The van der Waals surface area contributed by atoms with Crippen molar-refractivity contribution in [3.63, 3.8) is 0 Å². The molecule has 0 aliphatic carbocycles. The molecule has 0 saturated heterocycles. The summed E-state index contributed by atoms with van der Waals surface area (Å²) in [6.45, 7) is 6.77. The van der Waals surface area contributed by atoms with E-state index < -0.39 is 0 Å². The largest absolute Gasteiger partial charge is 0.483 e. The Bertz CT molecular complexity index is 472. The minimum Gasteiger partial charge on any atom is -0.483 e.